The van der Waals surface area contributed by atoms with Gasteiger partial charge in [-0.3, -0.25) is 24.3 Å². The molecular weight excluding hydrogens is 382 g/mol. The molecule has 0 atom stereocenters. The van der Waals surface area contributed by atoms with Crippen LogP contribution in [0.4, 0.5) is 5.69 Å². The molecule has 1 heterocycles. The minimum atomic E-state index is -0.688. The maximum Gasteiger partial charge on any atom is 0.271 e. The van der Waals surface area contributed by atoms with E-state index in [1.165, 1.54) is 38.3 Å². The molecule has 10 heteroatoms. The van der Waals surface area contributed by atoms with Gasteiger partial charge in [0.2, 0.25) is 11.7 Å². The zero-order valence-corrected chi connectivity index (χ0v) is 15.9. The highest BCUT2D eigenvalue weighted by molar-refractivity contribution is 6.01. The fourth-order valence-electron chi connectivity index (χ4n) is 2.74. The van der Waals surface area contributed by atoms with Gasteiger partial charge in [-0.2, -0.15) is 5.26 Å². The molecule has 29 heavy (non-hydrogen) atoms. The summed E-state index contributed by atoms with van der Waals surface area (Å²) < 4.78 is 11.2. The lowest BCUT2D eigenvalue weighted by Gasteiger charge is -2.15. The van der Waals surface area contributed by atoms with Crippen LogP contribution in [0.1, 0.15) is 27.9 Å². The SMILES string of the molecule is COCCCn1c(O)c(C(=O)COc2ccc([N+](=O)[O-])cc2)c(C)c(C#N)c1=O. The maximum atomic E-state index is 12.7. The number of nitro groups is 1. The second-order valence-electron chi connectivity index (χ2n) is 6.08. The monoisotopic (exact) mass is 401 g/mol. The number of non-ortho nitro benzene ring substituents is 1. The first-order chi connectivity index (χ1) is 13.8. The lowest BCUT2D eigenvalue weighted by atomic mass is 10.0. The van der Waals surface area contributed by atoms with Gasteiger partial charge in [-0.1, -0.05) is 0 Å². The number of nitriles is 1. The van der Waals surface area contributed by atoms with Crippen molar-refractivity contribution in [1.29, 1.82) is 5.26 Å². The number of pyridine rings is 1. The van der Waals surface area contributed by atoms with Crippen molar-refractivity contribution < 1.29 is 24.3 Å². The zero-order valence-electron chi connectivity index (χ0n) is 15.9. The van der Waals surface area contributed by atoms with Gasteiger partial charge in [0.05, 0.1) is 10.5 Å². The summed E-state index contributed by atoms with van der Waals surface area (Å²) in [5.74, 6) is -0.967. The first-order valence-corrected chi connectivity index (χ1v) is 8.57. The van der Waals surface area contributed by atoms with Crippen LogP contribution in [0.2, 0.25) is 0 Å². The third kappa shape index (κ3) is 4.77. The molecule has 0 aliphatic heterocycles. The van der Waals surface area contributed by atoms with Crippen molar-refractivity contribution in [2.75, 3.05) is 20.3 Å². The molecule has 152 valence electrons. The van der Waals surface area contributed by atoms with Crippen LogP contribution < -0.4 is 10.3 Å². The van der Waals surface area contributed by atoms with Gasteiger partial charge in [0.15, 0.2) is 6.61 Å². The number of carbonyl (C=O) groups excluding carboxylic acids is 1. The number of benzene rings is 1. The van der Waals surface area contributed by atoms with Crippen molar-refractivity contribution in [3.63, 3.8) is 0 Å². The number of hydrogen-bond donors (Lipinski definition) is 1. The van der Waals surface area contributed by atoms with Gasteiger partial charge in [0, 0.05) is 32.4 Å². The van der Waals surface area contributed by atoms with Gasteiger partial charge in [0.25, 0.3) is 11.2 Å². The summed E-state index contributed by atoms with van der Waals surface area (Å²) in [6, 6.07) is 6.91. The van der Waals surface area contributed by atoms with E-state index in [0.29, 0.717) is 13.0 Å². The minimum absolute atomic E-state index is 0.0651. The second kappa shape index (κ2) is 9.48. The Labute approximate surface area is 165 Å². The summed E-state index contributed by atoms with van der Waals surface area (Å²) >= 11 is 0. The number of Topliss-reactive ketones (excluding diaryl/α,β-unsaturated/α-hetero) is 1. The van der Waals surface area contributed by atoms with Gasteiger partial charge < -0.3 is 14.6 Å². The molecule has 0 bridgehead atoms. The predicted molar refractivity (Wildman–Crippen MR) is 101 cm³/mol. The molecule has 10 nitrogen and oxygen atoms in total. The average molecular weight is 401 g/mol. The Balaban J connectivity index is 2.30. The van der Waals surface area contributed by atoms with Crippen LogP contribution in [0.15, 0.2) is 29.1 Å². The molecule has 2 rings (SSSR count). The van der Waals surface area contributed by atoms with Crippen LogP contribution >= 0.6 is 0 Å². The fraction of sp³-hybridized carbons (Fsp3) is 0.316. The highest BCUT2D eigenvalue weighted by atomic mass is 16.6. The fourth-order valence-corrected chi connectivity index (χ4v) is 2.74. The molecule has 1 aromatic heterocycles. The summed E-state index contributed by atoms with van der Waals surface area (Å²) in [7, 11) is 1.49. The van der Waals surface area contributed by atoms with Crippen molar-refractivity contribution in [2.45, 2.75) is 19.9 Å². The van der Waals surface area contributed by atoms with E-state index in [-0.39, 0.29) is 34.7 Å². The molecule has 1 aromatic carbocycles. The van der Waals surface area contributed by atoms with Crippen LogP contribution in [-0.4, -0.2) is 40.7 Å². The number of aromatic nitrogens is 1. The molecule has 0 aliphatic rings. The smallest absolute Gasteiger partial charge is 0.271 e. The summed E-state index contributed by atoms with van der Waals surface area (Å²) in [6.07, 6.45) is 0.394. The molecular formula is C19H19N3O7. The second-order valence-corrected chi connectivity index (χ2v) is 6.08. The van der Waals surface area contributed by atoms with Crippen molar-refractivity contribution in [3.8, 4) is 17.7 Å². The van der Waals surface area contributed by atoms with Gasteiger partial charge >= 0.3 is 0 Å². The number of aromatic hydroxyl groups is 1. The largest absolute Gasteiger partial charge is 0.494 e. The number of carbonyl (C=O) groups is 1. The molecule has 0 spiro atoms. The summed E-state index contributed by atoms with van der Waals surface area (Å²) in [5, 5.41) is 30.5. The molecule has 0 saturated carbocycles. The molecule has 0 saturated heterocycles. The standard InChI is InChI=1S/C19H19N3O7/c1-12-15(10-20)18(24)21(8-3-9-28-2)19(25)17(12)16(23)11-29-14-6-4-13(5-7-14)22(26)27/h4-7,25H,3,8-9,11H2,1-2H3. The Morgan fingerprint density at radius 1 is 1.34 bits per heavy atom. The molecule has 0 amide bonds. The number of ketones is 1. The predicted octanol–water partition coefficient (Wildman–Crippen LogP) is 1.94. The Kier molecular flexibility index (Phi) is 7.05. The van der Waals surface area contributed by atoms with Crippen LogP contribution in [-0.2, 0) is 11.3 Å². The third-order valence-corrected chi connectivity index (χ3v) is 4.23. The first kappa shape index (κ1) is 21.6. The van der Waals surface area contributed by atoms with E-state index in [4.69, 9.17) is 9.47 Å². The van der Waals surface area contributed by atoms with Gasteiger partial charge in [-0.25, -0.2) is 0 Å². The maximum absolute atomic E-state index is 12.7. The van der Waals surface area contributed by atoms with Gasteiger partial charge in [-0.15, -0.1) is 0 Å². The van der Waals surface area contributed by atoms with E-state index in [2.05, 4.69) is 0 Å². The number of rotatable bonds is 9. The van der Waals surface area contributed by atoms with E-state index in [1.807, 2.05) is 0 Å². The van der Waals surface area contributed by atoms with Gasteiger partial charge in [0.1, 0.15) is 17.4 Å². The molecule has 2 aromatic rings. The quantitative estimate of drug-likeness (QED) is 0.290. The molecule has 0 radical (unpaired) electrons. The van der Waals surface area contributed by atoms with Crippen molar-refractivity contribution in [1.82, 2.24) is 4.57 Å². The molecule has 0 unspecified atom stereocenters. The molecule has 0 aliphatic carbocycles. The number of nitro benzene ring substituents is 1. The van der Waals surface area contributed by atoms with Crippen molar-refractivity contribution >= 4 is 11.5 Å². The minimum Gasteiger partial charge on any atom is -0.494 e. The van der Waals surface area contributed by atoms with Crippen molar-refractivity contribution in [3.05, 3.63) is 61.4 Å². The third-order valence-electron chi connectivity index (χ3n) is 4.23. The lowest BCUT2D eigenvalue weighted by Crippen LogP contribution is -2.28. The summed E-state index contributed by atoms with van der Waals surface area (Å²) in [5.41, 5.74) is -1.17. The number of nitrogens with zero attached hydrogens (tertiary/aromatic N) is 3. The number of methoxy groups -OCH3 is 1. The first-order valence-electron chi connectivity index (χ1n) is 8.57. The Morgan fingerprint density at radius 2 is 2.00 bits per heavy atom. The van der Waals surface area contributed by atoms with E-state index in [9.17, 15) is 30.1 Å². The highest BCUT2D eigenvalue weighted by Crippen LogP contribution is 2.23. The Hall–Kier alpha value is -3.71. The van der Waals surface area contributed by atoms with E-state index >= 15 is 0 Å². The Morgan fingerprint density at radius 3 is 2.55 bits per heavy atom. The lowest BCUT2D eigenvalue weighted by molar-refractivity contribution is -0.384. The van der Waals surface area contributed by atoms with Gasteiger partial charge in [-0.05, 0) is 31.0 Å². The molecule has 1 N–H and O–H groups in total. The zero-order chi connectivity index (χ0) is 21.6. The summed E-state index contributed by atoms with van der Waals surface area (Å²) in [6.45, 7) is 1.30. The number of ether oxygens (including phenoxy) is 2. The highest BCUT2D eigenvalue weighted by Gasteiger charge is 2.24. The summed E-state index contributed by atoms with van der Waals surface area (Å²) in [4.78, 5) is 35.2. The topological polar surface area (TPSA) is 145 Å². The van der Waals surface area contributed by atoms with Crippen LogP contribution in [0.25, 0.3) is 0 Å². The van der Waals surface area contributed by atoms with E-state index in [0.717, 1.165) is 4.57 Å². The van der Waals surface area contributed by atoms with Crippen LogP contribution in [0.5, 0.6) is 11.6 Å². The number of hydrogen-bond acceptors (Lipinski definition) is 8. The van der Waals surface area contributed by atoms with E-state index < -0.39 is 28.8 Å². The van der Waals surface area contributed by atoms with Crippen LogP contribution in [0, 0.1) is 28.4 Å². The van der Waals surface area contributed by atoms with E-state index in [1.54, 1.807) is 6.07 Å². The average Bonchev–Trinajstić information content (AvgIpc) is 2.69. The molecule has 0 fully saturated rings. The van der Waals surface area contributed by atoms with Crippen LogP contribution in [0.3, 0.4) is 0 Å². The Bertz CT molecular complexity index is 1020. The normalized spacial score (nSPS) is 10.4. The van der Waals surface area contributed by atoms with Crippen molar-refractivity contribution in [2.24, 2.45) is 0 Å².